The molecule has 0 bridgehead atoms. The fourth-order valence-corrected chi connectivity index (χ4v) is 3.90. The average molecular weight is 391 g/mol. The van der Waals surface area contributed by atoms with Gasteiger partial charge in [-0.2, -0.15) is 0 Å². The molecule has 0 aromatic heterocycles. The summed E-state index contributed by atoms with van der Waals surface area (Å²) in [5.41, 5.74) is 0.586. The van der Waals surface area contributed by atoms with Gasteiger partial charge in [0.15, 0.2) is 9.84 Å². The highest BCUT2D eigenvalue weighted by molar-refractivity contribution is 7.91. The van der Waals surface area contributed by atoms with Crippen LogP contribution in [0.4, 0.5) is 0 Å². The van der Waals surface area contributed by atoms with Crippen LogP contribution in [0.1, 0.15) is 30.1 Å². The molecule has 0 radical (unpaired) electrons. The van der Waals surface area contributed by atoms with Gasteiger partial charge in [0.05, 0.1) is 17.3 Å². The van der Waals surface area contributed by atoms with E-state index in [1.54, 1.807) is 12.1 Å². The van der Waals surface area contributed by atoms with E-state index in [0.717, 1.165) is 25.9 Å². The molecule has 2 rings (SSSR count). The number of methoxy groups -OCH3 is 1. The zero-order valence-corrected chi connectivity index (χ0v) is 16.3. The Bertz CT molecular complexity index is 656. The summed E-state index contributed by atoms with van der Waals surface area (Å²) >= 11 is 0. The Morgan fingerprint density at radius 1 is 1.24 bits per heavy atom. The minimum Gasteiger partial charge on any atom is -0.384 e. The van der Waals surface area contributed by atoms with Crippen molar-refractivity contribution in [2.75, 3.05) is 39.1 Å². The second-order valence-corrected chi connectivity index (χ2v) is 8.69. The third kappa shape index (κ3) is 6.26. The van der Waals surface area contributed by atoms with E-state index in [4.69, 9.17) is 4.74 Å². The summed E-state index contributed by atoms with van der Waals surface area (Å²) in [5.74, 6) is -0.239. The van der Waals surface area contributed by atoms with E-state index in [0.29, 0.717) is 12.1 Å². The molecule has 1 aromatic carbocycles. The van der Waals surface area contributed by atoms with E-state index in [-0.39, 0.29) is 41.0 Å². The third-order valence-electron chi connectivity index (χ3n) is 4.52. The Morgan fingerprint density at radius 2 is 1.84 bits per heavy atom. The highest BCUT2D eigenvalue weighted by Gasteiger charge is 2.27. The predicted octanol–water partition coefficient (Wildman–Crippen LogP) is 1.65. The fraction of sp³-hybridized carbons (Fsp3) is 0.588. The molecule has 1 saturated heterocycles. The molecule has 8 heteroatoms. The number of carbonyl (C=O) groups is 1. The summed E-state index contributed by atoms with van der Waals surface area (Å²) in [6.45, 7) is 4.90. The third-order valence-corrected chi connectivity index (χ3v) is 6.21. The Kier molecular flexibility index (Phi) is 8.34. The van der Waals surface area contributed by atoms with Crippen molar-refractivity contribution in [3.05, 3.63) is 29.8 Å². The Labute approximate surface area is 156 Å². The maximum absolute atomic E-state index is 12.3. The number of halogens is 1. The van der Waals surface area contributed by atoms with Crippen molar-refractivity contribution in [2.24, 2.45) is 5.41 Å². The summed E-state index contributed by atoms with van der Waals surface area (Å²) in [5, 5.41) is 6.28. The topological polar surface area (TPSA) is 84.5 Å². The smallest absolute Gasteiger partial charge is 0.251 e. The Balaban J connectivity index is 0.00000312. The number of carbonyl (C=O) groups excluding carboxylic acids is 1. The quantitative estimate of drug-likeness (QED) is 0.739. The lowest BCUT2D eigenvalue weighted by Crippen LogP contribution is -2.42. The molecule has 25 heavy (non-hydrogen) atoms. The molecular weight excluding hydrogens is 364 g/mol. The van der Waals surface area contributed by atoms with Crippen LogP contribution in [0, 0.1) is 5.41 Å². The molecule has 0 aliphatic carbocycles. The molecule has 142 valence electrons. The lowest BCUT2D eigenvalue weighted by Gasteiger charge is -2.34. The minimum atomic E-state index is -3.37. The van der Waals surface area contributed by atoms with E-state index < -0.39 is 9.84 Å². The highest BCUT2D eigenvalue weighted by atomic mass is 35.5. The van der Waals surface area contributed by atoms with Crippen molar-refractivity contribution in [1.29, 1.82) is 0 Å². The van der Waals surface area contributed by atoms with Crippen LogP contribution >= 0.6 is 12.4 Å². The van der Waals surface area contributed by atoms with Gasteiger partial charge in [-0.05, 0) is 55.6 Å². The number of benzene rings is 1. The van der Waals surface area contributed by atoms with Crippen LogP contribution < -0.4 is 10.6 Å². The number of nitrogens with one attached hydrogen (secondary N) is 2. The summed E-state index contributed by atoms with van der Waals surface area (Å²) in [7, 11) is -1.90. The standard InChI is InChI=1S/C17H26N2O4S.ClH/c1-17(7-9-18-10-8-17)13-19-16(20)14-3-5-15(6-4-14)24(21,22)12-11-23-2;/h3-6,18H,7-13H2,1-2H3,(H,19,20);1H. The minimum absolute atomic E-state index is 0. The molecule has 1 aromatic rings. The van der Waals surface area contributed by atoms with Gasteiger partial charge in [-0.25, -0.2) is 8.42 Å². The zero-order chi connectivity index (χ0) is 17.6. The van der Waals surface area contributed by atoms with Gasteiger partial charge >= 0.3 is 0 Å². The molecule has 1 heterocycles. The molecule has 0 unspecified atom stereocenters. The molecule has 0 spiro atoms. The van der Waals surface area contributed by atoms with Crippen molar-refractivity contribution >= 4 is 28.2 Å². The van der Waals surface area contributed by atoms with Crippen LogP contribution in [0.15, 0.2) is 29.2 Å². The number of hydrogen-bond donors (Lipinski definition) is 2. The first kappa shape index (κ1) is 21.9. The first-order valence-electron chi connectivity index (χ1n) is 8.17. The predicted molar refractivity (Wildman–Crippen MR) is 100 cm³/mol. The number of ether oxygens (including phenoxy) is 1. The molecule has 0 saturated carbocycles. The van der Waals surface area contributed by atoms with Gasteiger partial charge in [0.25, 0.3) is 5.91 Å². The SMILES string of the molecule is COCCS(=O)(=O)c1ccc(C(=O)NCC2(C)CCNCC2)cc1.Cl. The van der Waals surface area contributed by atoms with Crippen molar-refractivity contribution in [3.63, 3.8) is 0 Å². The van der Waals surface area contributed by atoms with E-state index in [1.165, 1.54) is 19.2 Å². The summed E-state index contributed by atoms with van der Waals surface area (Å²) in [6.07, 6.45) is 2.06. The summed E-state index contributed by atoms with van der Waals surface area (Å²) < 4.78 is 28.9. The molecule has 0 atom stereocenters. The number of hydrogen-bond acceptors (Lipinski definition) is 5. The molecule has 1 fully saturated rings. The Hall–Kier alpha value is -1.15. The first-order chi connectivity index (χ1) is 11.4. The van der Waals surface area contributed by atoms with Crippen molar-refractivity contribution < 1.29 is 17.9 Å². The Morgan fingerprint density at radius 3 is 2.40 bits per heavy atom. The van der Waals surface area contributed by atoms with Gasteiger partial charge in [-0.1, -0.05) is 6.92 Å². The number of amides is 1. The fourth-order valence-electron chi connectivity index (χ4n) is 2.73. The van der Waals surface area contributed by atoms with Crippen molar-refractivity contribution in [3.8, 4) is 0 Å². The zero-order valence-electron chi connectivity index (χ0n) is 14.7. The second kappa shape index (κ2) is 9.52. The van der Waals surface area contributed by atoms with Crippen LogP contribution in [0.25, 0.3) is 0 Å². The highest BCUT2D eigenvalue weighted by Crippen LogP contribution is 2.26. The second-order valence-electron chi connectivity index (χ2n) is 6.58. The maximum Gasteiger partial charge on any atom is 0.251 e. The number of rotatable bonds is 7. The lowest BCUT2D eigenvalue weighted by molar-refractivity contribution is 0.0922. The largest absolute Gasteiger partial charge is 0.384 e. The van der Waals surface area contributed by atoms with Crippen LogP contribution in [0.2, 0.25) is 0 Å². The number of piperidine rings is 1. The van der Waals surface area contributed by atoms with Gasteiger partial charge in [-0.3, -0.25) is 4.79 Å². The van der Waals surface area contributed by atoms with Crippen molar-refractivity contribution in [2.45, 2.75) is 24.7 Å². The molecule has 1 amide bonds. The van der Waals surface area contributed by atoms with E-state index in [2.05, 4.69) is 17.6 Å². The van der Waals surface area contributed by atoms with Gasteiger partial charge in [0.2, 0.25) is 0 Å². The maximum atomic E-state index is 12.3. The van der Waals surface area contributed by atoms with Crippen LogP contribution in [0.5, 0.6) is 0 Å². The normalized spacial score (nSPS) is 16.7. The molecule has 6 nitrogen and oxygen atoms in total. The monoisotopic (exact) mass is 390 g/mol. The van der Waals surface area contributed by atoms with Crippen LogP contribution in [-0.2, 0) is 14.6 Å². The summed E-state index contributed by atoms with van der Waals surface area (Å²) in [4.78, 5) is 12.5. The van der Waals surface area contributed by atoms with E-state index in [9.17, 15) is 13.2 Å². The van der Waals surface area contributed by atoms with Gasteiger partial charge < -0.3 is 15.4 Å². The average Bonchev–Trinajstić information content (AvgIpc) is 2.59. The van der Waals surface area contributed by atoms with Crippen LogP contribution in [0.3, 0.4) is 0 Å². The molecule has 1 aliphatic rings. The lowest BCUT2D eigenvalue weighted by atomic mass is 9.81. The van der Waals surface area contributed by atoms with E-state index in [1.807, 2.05) is 0 Å². The van der Waals surface area contributed by atoms with Crippen molar-refractivity contribution in [1.82, 2.24) is 10.6 Å². The first-order valence-corrected chi connectivity index (χ1v) is 9.82. The van der Waals surface area contributed by atoms with Gasteiger partial charge in [0, 0.05) is 19.2 Å². The molecule has 2 N–H and O–H groups in total. The number of sulfone groups is 1. The molecule has 1 aliphatic heterocycles. The van der Waals surface area contributed by atoms with Gasteiger partial charge in [-0.15, -0.1) is 12.4 Å². The van der Waals surface area contributed by atoms with E-state index >= 15 is 0 Å². The summed E-state index contributed by atoms with van der Waals surface area (Å²) in [6, 6.07) is 6.07. The molecular formula is C17H27ClN2O4S. The van der Waals surface area contributed by atoms with Crippen LogP contribution in [-0.4, -0.2) is 53.4 Å². The van der Waals surface area contributed by atoms with Gasteiger partial charge in [0.1, 0.15) is 0 Å².